The number of piperazine rings is 1. The van der Waals surface area contributed by atoms with Gasteiger partial charge in [0.1, 0.15) is 5.75 Å². The van der Waals surface area contributed by atoms with Crippen LogP contribution < -0.4 is 14.5 Å². The quantitative estimate of drug-likeness (QED) is 0.233. The molecule has 3 heterocycles. The van der Waals surface area contributed by atoms with E-state index in [-0.39, 0.29) is 29.7 Å². The van der Waals surface area contributed by atoms with E-state index in [1.54, 1.807) is 0 Å². The molecule has 8 nitrogen and oxygen atoms in total. The van der Waals surface area contributed by atoms with Crippen LogP contribution in [0.4, 0.5) is 16.0 Å². The van der Waals surface area contributed by atoms with Gasteiger partial charge in [-0.15, -0.1) is 0 Å². The lowest BCUT2D eigenvalue weighted by Gasteiger charge is -2.42. The number of benzene rings is 2. The summed E-state index contributed by atoms with van der Waals surface area (Å²) in [5.74, 6) is 1.50. The highest BCUT2D eigenvalue weighted by molar-refractivity contribution is 6.11. The van der Waals surface area contributed by atoms with Crippen molar-refractivity contribution in [2.45, 2.75) is 92.2 Å². The predicted molar refractivity (Wildman–Crippen MR) is 177 cm³/mol. The van der Waals surface area contributed by atoms with Crippen LogP contribution in [0.25, 0.3) is 11.1 Å². The van der Waals surface area contributed by atoms with E-state index >= 15 is 0 Å². The van der Waals surface area contributed by atoms with Crippen LogP contribution in [0.2, 0.25) is 0 Å². The summed E-state index contributed by atoms with van der Waals surface area (Å²) < 4.78 is 19.4. The van der Waals surface area contributed by atoms with Crippen LogP contribution in [0.15, 0.2) is 48.8 Å². The van der Waals surface area contributed by atoms with Gasteiger partial charge in [0.05, 0.1) is 6.04 Å². The number of halogens is 1. The second-order valence-electron chi connectivity index (χ2n) is 12.2. The number of aromatic nitrogens is 2. The molecule has 1 amide bonds. The number of Topliss-reactive ketones (excluding diaryl/α,β-unsaturated/α-hetero) is 1. The van der Waals surface area contributed by atoms with Crippen molar-refractivity contribution in [3.8, 4) is 16.9 Å². The monoisotopic (exact) mass is 615 g/mol. The molecule has 5 rings (SSSR count). The van der Waals surface area contributed by atoms with Crippen LogP contribution in [0, 0.1) is 5.92 Å². The summed E-state index contributed by atoms with van der Waals surface area (Å²) >= 11 is 0. The SMILES string of the molecule is CCc1ccc(OC(C)F)c(CN2c3cc(-c4cnc(N5CCN(C(=O)C(C)CC)[C@@H](CC)C5)nc4)ccc3C(=O)C2CC)c1. The summed E-state index contributed by atoms with van der Waals surface area (Å²) in [7, 11) is 0. The molecular formula is C36H46FN5O3. The Morgan fingerprint density at radius 3 is 2.40 bits per heavy atom. The predicted octanol–water partition coefficient (Wildman–Crippen LogP) is 6.86. The third kappa shape index (κ3) is 6.67. The van der Waals surface area contributed by atoms with Crippen LogP contribution in [0.3, 0.4) is 0 Å². The molecule has 0 spiro atoms. The fraction of sp³-hybridized carbons (Fsp3) is 0.500. The molecule has 240 valence electrons. The van der Waals surface area contributed by atoms with Crippen LogP contribution in [-0.4, -0.2) is 64.6 Å². The van der Waals surface area contributed by atoms with E-state index in [9.17, 15) is 14.0 Å². The zero-order valence-corrected chi connectivity index (χ0v) is 27.4. The van der Waals surface area contributed by atoms with Gasteiger partial charge in [-0.2, -0.15) is 0 Å². The van der Waals surface area contributed by atoms with Gasteiger partial charge < -0.3 is 19.4 Å². The lowest BCUT2D eigenvalue weighted by molar-refractivity contribution is -0.138. The Morgan fingerprint density at radius 2 is 1.76 bits per heavy atom. The van der Waals surface area contributed by atoms with E-state index in [1.807, 2.05) is 67.5 Å². The van der Waals surface area contributed by atoms with E-state index in [1.165, 1.54) is 6.92 Å². The van der Waals surface area contributed by atoms with Crippen molar-refractivity contribution in [2.24, 2.45) is 5.92 Å². The highest BCUT2D eigenvalue weighted by Gasteiger charge is 2.37. The number of hydrogen-bond donors (Lipinski definition) is 0. The molecule has 0 N–H and O–H groups in total. The average Bonchev–Trinajstić information content (AvgIpc) is 3.33. The number of nitrogens with zero attached hydrogens (tertiary/aromatic N) is 5. The van der Waals surface area contributed by atoms with E-state index < -0.39 is 6.36 Å². The van der Waals surface area contributed by atoms with Gasteiger partial charge in [-0.25, -0.2) is 14.4 Å². The molecule has 0 radical (unpaired) electrons. The van der Waals surface area contributed by atoms with Crippen molar-refractivity contribution in [1.82, 2.24) is 14.9 Å². The zero-order chi connectivity index (χ0) is 32.2. The highest BCUT2D eigenvalue weighted by Crippen LogP contribution is 2.39. The largest absolute Gasteiger partial charge is 0.460 e. The maximum absolute atomic E-state index is 13.9. The number of amides is 1. The minimum absolute atomic E-state index is 0.0306. The standard InChI is InChI=1S/C36H46FN5O3/c1-7-23(5)35(44)41-16-15-40(22-29(41)9-3)36-38-19-28(20-39-36)26-12-13-30-32(18-26)42(31(10-4)34(30)43)21-27-17-25(8-2)11-14-33(27)45-24(6)37/h11-14,17-20,23-24,29,31H,7-10,15-16,21-22H2,1-6H3/t23?,24?,29-,31?/m0/s1. The van der Waals surface area contributed by atoms with Gasteiger partial charge in [-0.05, 0) is 55.0 Å². The van der Waals surface area contributed by atoms with Crippen LogP contribution in [0.1, 0.15) is 82.3 Å². The van der Waals surface area contributed by atoms with Gasteiger partial charge in [0, 0.05) is 79.8 Å². The third-order valence-electron chi connectivity index (χ3n) is 9.33. The third-order valence-corrected chi connectivity index (χ3v) is 9.33. The number of alkyl halides is 1. The Labute approximate surface area is 266 Å². The number of ketones is 1. The molecule has 3 unspecified atom stereocenters. The molecule has 0 aliphatic carbocycles. The topological polar surface area (TPSA) is 78.9 Å². The molecule has 3 aromatic rings. The molecule has 2 aliphatic rings. The van der Waals surface area contributed by atoms with Crippen LogP contribution >= 0.6 is 0 Å². The molecule has 2 aromatic carbocycles. The van der Waals surface area contributed by atoms with E-state index in [0.717, 1.165) is 47.2 Å². The Hall–Kier alpha value is -4.01. The number of ether oxygens (including phenoxy) is 1. The Bertz CT molecular complexity index is 1510. The Kier molecular flexibility index (Phi) is 10.0. The number of rotatable bonds is 11. The van der Waals surface area contributed by atoms with Gasteiger partial charge in [0.25, 0.3) is 0 Å². The summed E-state index contributed by atoms with van der Waals surface area (Å²) in [6.45, 7) is 14.1. The second kappa shape index (κ2) is 14.0. The van der Waals surface area contributed by atoms with Gasteiger partial charge in [-0.3, -0.25) is 9.59 Å². The van der Waals surface area contributed by atoms with Crippen molar-refractivity contribution in [3.05, 3.63) is 65.5 Å². The average molecular weight is 616 g/mol. The minimum Gasteiger partial charge on any atom is -0.460 e. The summed E-state index contributed by atoms with van der Waals surface area (Å²) in [5, 5.41) is 0. The molecule has 0 bridgehead atoms. The summed E-state index contributed by atoms with van der Waals surface area (Å²) in [6.07, 6.45) is 5.44. The molecule has 0 saturated carbocycles. The number of anilines is 2. The lowest BCUT2D eigenvalue weighted by Crippen LogP contribution is -2.56. The molecule has 45 heavy (non-hydrogen) atoms. The van der Waals surface area contributed by atoms with Crippen LogP contribution in [-0.2, 0) is 17.8 Å². The number of hydrogen-bond acceptors (Lipinski definition) is 7. The molecule has 2 aliphatic heterocycles. The number of carbonyl (C=O) groups excluding carboxylic acids is 2. The molecule has 1 saturated heterocycles. The van der Waals surface area contributed by atoms with Crippen molar-refractivity contribution >= 4 is 23.3 Å². The molecule has 9 heteroatoms. The molecule has 4 atom stereocenters. The van der Waals surface area contributed by atoms with Gasteiger partial charge in [0.15, 0.2) is 5.78 Å². The van der Waals surface area contributed by atoms with E-state index in [0.29, 0.717) is 49.9 Å². The second-order valence-corrected chi connectivity index (χ2v) is 12.2. The Balaban J connectivity index is 1.38. The first kappa shape index (κ1) is 32.4. The number of fused-ring (bicyclic) bond motifs is 1. The van der Waals surface area contributed by atoms with Gasteiger partial charge >= 0.3 is 0 Å². The number of carbonyl (C=O) groups is 2. The van der Waals surface area contributed by atoms with E-state index in [2.05, 4.69) is 30.6 Å². The van der Waals surface area contributed by atoms with Crippen molar-refractivity contribution in [2.75, 3.05) is 29.4 Å². The summed E-state index contributed by atoms with van der Waals surface area (Å²) in [5.41, 5.74) is 5.29. The van der Waals surface area contributed by atoms with Crippen molar-refractivity contribution in [3.63, 3.8) is 0 Å². The van der Waals surface area contributed by atoms with Gasteiger partial charge in [0.2, 0.25) is 18.2 Å². The highest BCUT2D eigenvalue weighted by atomic mass is 19.1. The first-order valence-corrected chi connectivity index (χ1v) is 16.4. The molecular weight excluding hydrogens is 569 g/mol. The normalized spacial score (nSPS) is 19.4. The maximum atomic E-state index is 13.9. The van der Waals surface area contributed by atoms with Crippen molar-refractivity contribution < 1.29 is 18.7 Å². The summed E-state index contributed by atoms with van der Waals surface area (Å²) in [6, 6.07) is 11.5. The molecule has 1 fully saturated rings. The van der Waals surface area contributed by atoms with E-state index in [4.69, 9.17) is 14.7 Å². The fourth-order valence-corrected chi connectivity index (χ4v) is 6.46. The van der Waals surface area contributed by atoms with Crippen LogP contribution in [0.5, 0.6) is 5.75 Å². The fourth-order valence-electron chi connectivity index (χ4n) is 6.46. The number of aryl methyl sites for hydroxylation is 1. The first-order chi connectivity index (χ1) is 21.7. The summed E-state index contributed by atoms with van der Waals surface area (Å²) in [4.78, 5) is 42.2. The minimum atomic E-state index is -1.44. The zero-order valence-electron chi connectivity index (χ0n) is 27.4. The maximum Gasteiger partial charge on any atom is 0.235 e. The lowest BCUT2D eigenvalue weighted by atomic mass is 10.0. The van der Waals surface area contributed by atoms with Gasteiger partial charge in [-0.1, -0.05) is 52.8 Å². The van der Waals surface area contributed by atoms with Crippen molar-refractivity contribution in [1.29, 1.82) is 0 Å². The molecule has 1 aromatic heterocycles. The smallest absolute Gasteiger partial charge is 0.235 e. The first-order valence-electron chi connectivity index (χ1n) is 16.4. The Morgan fingerprint density at radius 1 is 1.00 bits per heavy atom.